The molecule has 0 amide bonds. The third-order valence-corrected chi connectivity index (χ3v) is 3.38. The Morgan fingerprint density at radius 3 is 2.80 bits per heavy atom. The highest BCUT2D eigenvalue weighted by molar-refractivity contribution is 5.68. The van der Waals surface area contributed by atoms with Crippen LogP contribution in [0.1, 0.15) is 36.8 Å². The van der Waals surface area contributed by atoms with Crippen LogP contribution < -0.4 is 0 Å². The van der Waals surface area contributed by atoms with Gasteiger partial charge in [-0.2, -0.15) is 5.26 Å². The molecule has 0 aliphatic rings. The number of esters is 1. The molecular weight excluding hydrogens is 254 g/mol. The van der Waals surface area contributed by atoms with Gasteiger partial charge in [-0.3, -0.25) is 4.79 Å². The van der Waals surface area contributed by atoms with E-state index in [1.807, 2.05) is 18.2 Å². The Labute approximate surface area is 120 Å². The standard InChI is InChI=1S/C16H21NO3/c1-20-16(19)9-5-2-6-13(12-18)10-14-7-3-4-8-15(14)11-17/h3-4,7-8,13,18H,2,5-6,9-10,12H2,1H3. The van der Waals surface area contributed by atoms with Gasteiger partial charge < -0.3 is 9.84 Å². The number of unbranched alkanes of at least 4 members (excludes halogenated alkanes) is 1. The molecule has 108 valence electrons. The first-order chi connectivity index (χ1) is 9.71. The molecule has 1 rings (SSSR count). The van der Waals surface area contributed by atoms with E-state index in [2.05, 4.69) is 10.8 Å². The lowest BCUT2D eigenvalue weighted by Gasteiger charge is -2.14. The molecule has 0 saturated heterocycles. The largest absolute Gasteiger partial charge is 0.469 e. The van der Waals surface area contributed by atoms with Crippen molar-refractivity contribution in [1.82, 2.24) is 0 Å². The lowest BCUT2D eigenvalue weighted by molar-refractivity contribution is -0.140. The third kappa shape index (κ3) is 5.41. The molecule has 1 aromatic carbocycles. The lowest BCUT2D eigenvalue weighted by atomic mass is 9.92. The van der Waals surface area contributed by atoms with E-state index in [1.165, 1.54) is 7.11 Å². The normalized spacial score (nSPS) is 11.7. The Morgan fingerprint density at radius 2 is 2.15 bits per heavy atom. The predicted octanol–water partition coefficient (Wildman–Crippen LogP) is 2.44. The van der Waals surface area contributed by atoms with Gasteiger partial charge in [-0.1, -0.05) is 24.6 Å². The van der Waals surface area contributed by atoms with E-state index in [0.717, 1.165) is 24.8 Å². The van der Waals surface area contributed by atoms with Crippen LogP contribution in [0.5, 0.6) is 0 Å². The highest BCUT2D eigenvalue weighted by Gasteiger charge is 2.11. The minimum atomic E-state index is -0.194. The Balaban J connectivity index is 2.43. The zero-order valence-electron chi connectivity index (χ0n) is 11.8. The fourth-order valence-corrected chi connectivity index (χ4v) is 2.18. The van der Waals surface area contributed by atoms with E-state index in [4.69, 9.17) is 5.26 Å². The number of carbonyl (C=O) groups excluding carboxylic acids is 1. The molecule has 4 heteroatoms. The topological polar surface area (TPSA) is 70.3 Å². The molecule has 0 aromatic heterocycles. The summed E-state index contributed by atoms with van der Waals surface area (Å²) in [4.78, 5) is 11.0. The van der Waals surface area contributed by atoms with Crippen LogP contribution in [0.2, 0.25) is 0 Å². The summed E-state index contributed by atoms with van der Waals surface area (Å²) in [5.74, 6) is -0.0671. The lowest BCUT2D eigenvalue weighted by Crippen LogP contribution is -2.11. The highest BCUT2D eigenvalue weighted by Crippen LogP contribution is 2.18. The van der Waals surface area contributed by atoms with Crippen LogP contribution in [0.15, 0.2) is 24.3 Å². The zero-order valence-corrected chi connectivity index (χ0v) is 11.8. The van der Waals surface area contributed by atoms with Crippen molar-refractivity contribution in [3.05, 3.63) is 35.4 Å². The van der Waals surface area contributed by atoms with Crippen LogP contribution in [-0.2, 0) is 16.0 Å². The SMILES string of the molecule is COC(=O)CCCCC(CO)Cc1ccccc1C#N. The number of carbonyl (C=O) groups is 1. The van der Waals surface area contributed by atoms with Crippen LogP contribution in [0, 0.1) is 17.2 Å². The maximum atomic E-state index is 11.0. The van der Waals surface area contributed by atoms with Gasteiger partial charge in [-0.05, 0) is 36.8 Å². The van der Waals surface area contributed by atoms with Gasteiger partial charge >= 0.3 is 5.97 Å². The zero-order chi connectivity index (χ0) is 14.8. The molecule has 1 aromatic rings. The van der Waals surface area contributed by atoms with E-state index in [9.17, 15) is 9.90 Å². The summed E-state index contributed by atoms with van der Waals surface area (Å²) in [5.41, 5.74) is 1.64. The molecule has 4 nitrogen and oxygen atoms in total. The second-order valence-corrected chi connectivity index (χ2v) is 4.84. The van der Waals surface area contributed by atoms with Gasteiger partial charge in [0.2, 0.25) is 0 Å². The number of methoxy groups -OCH3 is 1. The second-order valence-electron chi connectivity index (χ2n) is 4.84. The van der Waals surface area contributed by atoms with Gasteiger partial charge in [0.25, 0.3) is 0 Å². The quantitative estimate of drug-likeness (QED) is 0.584. The van der Waals surface area contributed by atoms with Crippen molar-refractivity contribution in [1.29, 1.82) is 5.26 Å². The van der Waals surface area contributed by atoms with Crippen molar-refractivity contribution in [2.45, 2.75) is 32.1 Å². The summed E-state index contributed by atoms with van der Waals surface area (Å²) in [5, 5.41) is 18.5. The van der Waals surface area contributed by atoms with Crippen molar-refractivity contribution < 1.29 is 14.6 Å². The van der Waals surface area contributed by atoms with Crippen molar-refractivity contribution in [2.75, 3.05) is 13.7 Å². The maximum Gasteiger partial charge on any atom is 0.305 e. The summed E-state index contributed by atoms with van der Waals surface area (Å²) in [6, 6.07) is 9.64. The average molecular weight is 275 g/mol. The van der Waals surface area contributed by atoms with Crippen molar-refractivity contribution >= 4 is 5.97 Å². The molecule has 1 unspecified atom stereocenters. The first kappa shape index (κ1) is 16.2. The van der Waals surface area contributed by atoms with Crippen molar-refractivity contribution in [3.8, 4) is 6.07 Å². The Bertz CT molecular complexity index is 465. The number of ether oxygens (including phenoxy) is 1. The summed E-state index contributed by atoms with van der Waals surface area (Å²) < 4.78 is 4.59. The average Bonchev–Trinajstić information content (AvgIpc) is 2.50. The number of benzene rings is 1. The maximum absolute atomic E-state index is 11.0. The number of hydrogen-bond acceptors (Lipinski definition) is 4. The fourth-order valence-electron chi connectivity index (χ4n) is 2.18. The molecular formula is C16H21NO3. The minimum absolute atomic E-state index is 0.0952. The Kier molecular flexibility index (Phi) is 7.38. The molecule has 0 radical (unpaired) electrons. The van der Waals surface area contributed by atoms with Crippen LogP contribution in [0.25, 0.3) is 0 Å². The van der Waals surface area contributed by atoms with Gasteiger partial charge in [-0.15, -0.1) is 0 Å². The van der Waals surface area contributed by atoms with Gasteiger partial charge in [0, 0.05) is 13.0 Å². The molecule has 0 aliphatic carbocycles. The van der Waals surface area contributed by atoms with Crippen molar-refractivity contribution in [2.24, 2.45) is 5.92 Å². The first-order valence-electron chi connectivity index (χ1n) is 6.87. The van der Waals surface area contributed by atoms with Gasteiger partial charge in [-0.25, -0.2) is 0 Å². The minimum Gasteiger partial charge on any atom is -0.469 e. The number of nitrogens with zero attached hydrogens (tertiary/aromatic N) is 1. The summed E-state index contributed by atoms with van der Waals surface area (Å²) in [6.45, 7) is 0.0952. The summed E-state index contributed by atoms with van der Waals surface area (Å²) in [6.07, 6.45) is 3.59. The van der Waals surface area contributed by atoms with Crippen molar-refractivity contribution in [3.63, 3.8) is 0 Å². The van der Waals surface area contributed by atoms with E-state index in [0.29, 0.717) is 18.4 Å². The summed E-state index contributed by atoms with van der Waals surface area (Å²) in [7, 11) is 1.39. The number of aliphatic hydroxyl groups excluding tert-OH is 1. The number of aliphatic hydroxyl groups is 1. The Hall–Kier alpha value is -1.86. The number of rotatable bonds is 8. The van der Waals surface area contributed by atoms with Gasteiger partial charge in [0.05, 0.1) is 18.7 Å². The monoisotopic (exact) mass is 275 g/mol. The molecule has 0 aliphatic heterocycles. The van der Waals surface area contributed by atoms with Gasteiger partial charge in [0.1, 0.15) is 0 Å². The molecule has 0 fully saturated rings. The third-order valence-electron chi connectivity index (χ3n) is 3.38. The molecule has 0 heterocycles. The first-order valence-corrected chi connectivity index (χ1v) is 6.87. The van der Waals surface area contributed by atoms with E-state index in [-0.39, 0.29) is 18.5 Å². The fraction of sp³-hybridized carbons (Fsp3) is 0.500. The van der Waals surface area contributed by atoms with Crippen LogP contribution in [0.4, 0.5) is 0 Å². The second kappa shape index (κ2) is 9.11. The highest BCUT2D eigenvalue weighted by atomic mass is 16.5. The molecule has 0 saturated carbocycles. The predicted molar refractivity (Wildman–Crippen MR) is 75.9 cm³/mol. The molecule has 1 N–H and O–H groups in total. The molecule has 0 spiro atoms. The molecule has 1 atom stereocenters. The van der Waals surface area contributed by atoms with E-state index < -0.39 is 0 Å². The number of hydrogen-bond donors (Lipinski definition) is 1. The van der Waals surface area contributed by atoms with Crippen LogP contribution >= 0.6 is 0 Å². The van der Waals surface area contributed by atoms with E-state index >= 15 is 0 Å². The van der Waals surface area contributed by atoms with Crippen LogP contribution in [-0.4, -0.2) is 24.8 Å². The van der Waals surface area contributed by atoms with Gasteiger partial charge in [0.15, 0.2) is 0 Å². The Morgan fingerprint density at radius 1 is 1.40 bits per heavy atom. The number of nitriles is 1. The summed E-state index contributed by atoms with van der Waals surface area (Å²) >= 11 is 0. The molecule has 0 bridgehead atoms. The smallest absolute Gasteiger partial charge is 0.305 e. The molecule has 20 heavy (non-hydrogen) atoms. The van der Waals surface area contributed by atoms with Crippen LogP contribution in [0.3, 0.4) is 0 Å². The van der Waals surface area contributed by atoms with E-state index in [1.54, 1.807) is 6.07 Å².